The zero-order chi connectivity index (χ0) is 46.1. The Balaban J connectivity index is -0.00000112. The molecule has 0 aromatic rings. The second-order valence-corrected chi connectivity index (χ2v) is 20.6. The van der Waals surface area contributed by atoms with Gasteiger partial charge in [0.25, 0.3) is 10.1 Å². The molecule has 0 aliphatic carbocycles. The summed E-state index contributed by atoms with van der Waals surface area (Å²) < 4.78 is 61.1. The van der Waals surface area contributed by atoms with Gasteiger partial charge < -0.3 is 20.0 Å². The summed E-state index contributed by atoms with van der Waals surface area (Å²) in [5.41, 5.74) is 0. The molecule has 0 heterocycles. The molecule has 63 heavy (non-hydrogen) atoms. The van der Waals surface area contributed by atoms with Crippen molar-refractivity contribution in [2.24, 2.45) is 4.99 Å². The van der Waals surface area contributed by atoms with Gasteiger partial charge in [0.15, 0.2) is 0 Å². The Bertz CT molecular complexity index is 1280. The van der Waals surface area contributed by atoms with Gasteiger partial charge in [-0.05, 0) is 50.5 Å². The minimum absolute atomic E-state index is 0. The molecule has 0 aromatic heterocycles. The number of nitrogens with one attached hydrogen (secondary N) is 1. The summed E-state index contributed by atoms with van der Waals surface area (Å²) in [6, 6.07) is 0. The van der Waals surface area contributed by atoms with Crippen LogP contribution in [0.5, 0.6) is 0 Å². The van der Waals surface area contributed by atoms with Gasteiger partial charge >= 0.3 is 37.7 Å². The summed E-state index contributed by atoms with van der Waals surface area (Å²) in [6.45, 7) is 4.88. The van der Waals surface area contributed by atoms with E-state index in [-0.39, 0.29) is 81.2 Å². The Morgan fingerprint density at radius 1 is 0.492 bits per heavy atom. The molecule has 0 bridgehead atoms. The van der Waals surface area contributed by atoms with E-state index in [2.05, 4.69) is 24.2 Å². The first-order valence-corrected chi connectivity index (χ1v) is 28.8. The predicted molar refractivity (Wildman–Crippen MR) is 267 cm³/mol. The molecule has 0 aromatic carbocycles. The number of carbonyl (C=O) groups is 1. The summed E-state index contributed by atoms with van der Waals surface area (Å²) in [4.78, 5) is 15.3. The number of unbranched alkanes of at least 4 members (excludes halogenated alkanes) is 34. The van der Waals surface area contributed by atoms with Gasteiger partial charge in [0, 0.05) is 18.8 Å². The second kappa shape index (κ2) is 52.5. The Morgan fingerprint density at radius 3 is 1.13 bits per heavy atom. The summed E-state index contributed by atoms with van der Waals surface area (Å²) in [6.07, 6.45) is 54.9. The standard InChI is InChI=1S/2C25H49NO4S.Ca/c2*1-2-3-4-5-6-7-8-9-10-11-12-13-14-15-16-17-18-19-20-22-25(27)26-23-21-24-31(28,29)30;/h2*20,22H,2-19,21,23-24H2,1H3,(H,26,27)(H,28,29,30);/q;;+2/p-2/b2*22-20+;. The molecular formula is C50H96CaN2O8S2. The average molecular weight is 958 g/mol. The van der Waals surface area contributed by atoms with E-state index in [1.165, 1.54) is 218 Å². The molecule has 368 valence electrons. The van der Waals surface area contributed by atoms with Gasteiger partial charge in [-0.3, -0.25) is 9.35 Å². The summed E-state index contributed by atoms with van der Waals surface area (Å²) >= 11 is 0. The first-order chi connectivity index (χ1) is 29.9. The van der Waals surface area contributed by atoms with Crippen molar-refractivity contribution in [3.63, 3.8) is 0 Å². The van der Waals surface area contributed by atoms with Crippen molar-refractivity contribution < 1.29 is 35.8 Å². The molecule has 1 amide bonds. The zero-order valence-corrected chi connectivity index (χ0v) is 44.6. The number of nitrogens with zero attached hydrogens (tertiary/aromatic N) is 1. The molecule has 0 saturated carbocycles. The molecule has 13 heteroatoms. The first-order valence-electron chi connectivity index (χ1n) is 25.6. The Kier molecular flexibility index (Phi) is 55.6. The Hall–Kier alpha value is -0.500. The van der Waals surface area contributed by atoms with Gasteiger partial charge in [0.05, 0.1) is 15.9 Å². The van der Waals surface area contributed by atoms with Gasteiger partial charge in [-0.1, -0.05) is 238 Å². The maximum Gasteiger partial charge on any atom is 2.00 e. The molecule has 0 aliphatic heterocycles. The Morgan fingerprint density at radius 2 is 0.810 bits per heavy atom. The van der Waals surface area contributed by atoms with Crippen molar-refractivity contribution >= 4 is 69.8 Å². The van der Waals surface area contributed by atoms with Crippen LogP contribution in [-0.2, 0) is 25.0 Å². The first kappa shape index (κ1) is 66.8. The number of allylic oxidation sites excluding steroid dienone is 2. The number of aliphatic imine (C=N–C) groups is 1. The van der Waals surface area contributed by atoms with Crippen molar-refractivity contribution in [3.05, 3.63) is 24.3 Å². The molecule has 0 aliphatic rings. The number of hydrogen-bond donors (Lipinski definition) is 2. The molecule has 0 atom stereocenters. The van der Waals surface area contributed by atoms with Crippen molar-refractivity contribution in [2.45, 2.75) is 258 Å². The van der Waals surface area contributed by atoms with Crippen LogP contribution in [0.25, 0.3) is 0 Å². The smallest absolute Gasteiger partial charge is 0.859 e. The largest absolute Gasteiger partial charge is 2.00 e. The SMILES string of the molecule is CCCCCCCCCCCCCCCCCCC/C=C/C(=O)NCCCS(=O)(=O)O.CCCCCCCCCCCCCCCCCCC/C=C/C([O-])=NCCCS(=O)(=O)[O-].[Ca+2]. The van der Waals surface area contributed by atoms with Crippen LogP contribution in [-0.4, -0.2) is 100 Å². The topological polar surface area (TPSA) is 176 Å². The predicted octanol–water partition coefficient (Wildman–Crippen LogP) is 12.9. The fourth-order valence-electron chi connectivity index (χ4n) is 7.36. The van der Waals surface area contributed by atoms with Crippen LogP contribution < -0.4 is 10.4 Å². The maximum absolute atomic E-state index is 11.5. The fourth-order valence-corrected chi connectivity index (χ4v) is 8.35. The minimum Gasteiger partial charge on any atom is -0.859 e. The summed E-state index contributed by atoms with van der Waals surface area (Å²) in [5.74, 6) is -1.35. The molecular weight excluding hydrogens is 861 g/mol. The van der Waals surface area contributed by atoms with Crippen molar-refractivity contribution in [3.8, 4) is 0 Å². The van der Waals surface area contributed by atoms with Crippen LogP contribution >= 0.6 is 0 Å². The molecule has 0 unspecified atom stereocenters. The quantitative estimate of drug-likeness (QED) is 0.0151. The fraction of sp³-hybridized carbons (Fsp3) is 0.880. The van der Waals surface area contributed by atoms with E-state index in [1.54, 1.807) is 0 Å². The van der Waals surface area contributed by atoms with E-state index in [4.69, 9.17) is 4.55 Å². The third-order valence-electron chi connectivity index (χ3n) is 11.2. The number of amides is 1. The van der Waals surface area contributed by atoms with Crippen molar-refractivity contribution in [2.75, 3.05) is 24.6 Å². The Labute approximate surface area is 419 Å². The van der Waals surface area contributed by atoms with Crippen LogP contribution in [0.2, 0.25) is 0 Å². The number of carbonyl (C=O) groups excluding carboxylic acids is 1. The van der Waals surface area contributed by atoms with Crippen LogP contribution in [0.15, 0.2) is 29.3 Å². The van der Waals surface area contributed by atoms with Crippen molar-refractivity contribution in [1.29, 1.82) is 0 Å². The second-order valence-electron chi connectivity index (χ2n) is 17.5. The number of hydrogen-bond acceptors (Lipinski definition) is 8. The average Bonchev–Trinajstić information content (AvgIpc) is 3.22. The van der Waals surface area contributed by atoms with E-state index < -0.39 is 26.0 Å². The van der Waals surface area contributed by atoms with Gasteiger partial charge in [-0.25, -0.2) is 8.42 Å². The number of rotatable bonds is 46. The van der Waals surface area contributed by atoms with E-state index in [0.717, 1.165) is 25.7 Å². The van der Waals surface area contributed by atoms with Gasteiger partial charge in [-0.15, -0.1) is 0 Å². The molecule has 0 fully saturated rings. The normalized spacial score (nSPS) is 12.2. The molecule has 0 rings (SSSR count). The molecule has 0 saturated heterocycles. The monoisotopic (exact) mass is 957 g/mol. The van der Waals surface area contributed by atoms with Gasteiger partial charge in [-0.2, -0.15) is 8.42 Å². The summed E-state index contributed by atoms with van der Waals surface area (Å²) in [7, 11) is -8.15. The van der Waals surface area contributed by atoms with Crippen LogP contribution in [0.1, 0.15) is 258 Å². The van der Waals surface area contributed by atoms with Crippen molar-refractivity contribution in [1.82, 2.24) is 5.32 Å². The molecule has 2 N–H and O–H groups in total. The van der Waals surface area contributed by atoms with Gasteiger partial charge in [0.1, 0.15) is 0 Å². The van der Waals surface area contributed by atoms with E-state index in [9.17, 15) is 31.3 Å². The van der Waals surface area contributed by atoms with Gasteiger partial charge in [0.2, 0.25) is 5.91 Å². The van der Waals surface area contributed by atoms with Crippen LogP contribution in [0.4, 0.5) is 0 Å². The van der Waals surface area contributed by atoms with Crippen LogP contribution in [0, 0.1) is 0 Å². The molecule has 0 radical (unpaired) electrons. The zero-order valence-electron chi connectivity index (χ0n) is 40.8. The van der Waals surface area contributed by atoms with E-state index in [1.807, 2.05) is 12.2 Å². The molecule has 0 spiro atoms. The van der Waals surface area contributed by atoms with E-state index in [0.29, 0.717) is 0 Å². The minimum atomic E-state index is -4.21. The third-order valence-corrected chi connectivity index (χ3v) is 12.8. The van der Waals surface area contributed by atoms with Crippen LogP contribution in [0.3, 0.4) is 0 Å². The third kappa shape index (κ3) is 65.9. The maximum atomic E-state index is 11.5. The molecule has 10 nitrogen and oxygen atoms in total. The summed E-state index contributed by atoms with van der Waals surface area (Å²) in [5, 5.41) is 14.1. The van der Waals surface area contributed by atoms with E-state index >= 15 is 0 Å².